The van der Waals surface area contributed by atoms with Gasteiger partial charge in [-0.2, -0.15) is 0 Å². The molecule has 0 amide bonds. The van der Waals surface area contributed by atoms with Gasteiger partial charge in [-0.15, -0.1) is 24.0 Å². The molecule has 2 aromatic rings. The van der Waals surface area contributed by atoms with Crippen molar-refractivity contribution in [2.45, 2.75) is 32.4 Å². The van der Waals surface area contributed by atoms with Crippen LogP contribution in [0.5, 0.6) is 0 Å². The summed E-state index contributed by atoms with van der Waals surface area (Å²) in [6.07, 6.45) is 2.05. The standard InChI is InChI=1S/C18H26N4.HI/c1-14(16-9-6-5-7-10-16)15(2)21-18(19-3)20-13-17-11-8-12-22(17)4;/h5-12,14-15H,13H2,1-4H3,(H2,19,20,21);1H. The predicted molar refractivity (Wildman–Crippen MR) is 108 cm³/mol. The molecule has 0 saturated heterocycles. The van der Waals surface area contributed by atoms with Crippen LogP contribution in [0.25, 0.3) is 0 Å². The van der Waals surface area contributed by atoms with Crippen molar-refractivity contribution in [2.24, 2.45) is 12.0 Å². The van der Waals surface area contributed by atoms with Crippen LogP contribution in [0, 0.1) is 0 Å². The quantitative estimate of drug-likeness (QED) is 0.437. The lowest BCUT2D eigenvalue weighted by Gasteiger charge is -2.24. The highest BCUT2D eigenvalue weighted by molar-refractivity contribution is 14.0. The molecule has 2 N–H and O–H groups in total. The molecule has 23 heavy (non-hydrogen) atoms. The summed E-state index contributed by atoms with van der Waals surface area (Å²) in [7, 11) is 3.85. The molecule has 0 radical (unpaired) electrons. The number of nitrogens with one attached hydrogen (secondary N) is 2. The molecule has 0 aliphatic rings. The molecule has 2 atom stereocenters. The monoisotopic (exact) mass is 426 g/mol. The fraction of sp³-hybridized carbons (Fsp3) is 0.389. The van der Waals surface area contributed by atoms with Gasteiger partial charge in [-0.1, -0.05) is 37.3 Å². The van der Waals surface area contributed by atoms with Gasteiger partial charge in [0.15, 0.2) is 5.96 Å². The Morgan fingerprint density at radius 3 is 2.39 bits per heavy atom. The zero-order chi connectivity index (χ0) is 15.9. The van der Waals surface area contributed by atoms with E-state index in [1.54, 1.807) is 7.05 Å². The van der Waals surface area contributed by atoms with Crippen LogP contribution in [0.3, 0.4) is 0 Å². The van der Waals surface area contributed by atoms with Crippen LogP contribution in [0.1, 0.15) is 31.0 Å². The zero-order valence-corrected chi connectivity index (χ0v) is 16.6. The van der Waals surface area contributed by atoms with Crippen molar-refractivity contribution in [1.82, 2.24) is 15.2 Å². The minimum Gasteiger partial charge on any atom is -0.353 e. The molecule has 5 heteroatoms. The van der Waals surface area contributed by atoms with Gasteiger partial charge in [-0.05, 0) is 24.6 Å². The topological polar surface area (TPSA) is 41.4 Å². The molecule has 0 bridgehead atoms. The van der Waals surface area contributed by atoms with Crippen molar-refractivity contribution >= 4 is 29.9 Å². The highest BCUT2D eigenvalue weighted by Crippen LogP contribution is 2.18. The molecule has 4 nitrogen and oxygen atoms in total. The van der Waals surface area contributed by atoms with E-state index in [4.69, 9.17) is 0 Å². The molecular formula is C18H27IN4. The molecule has 2 unspecified atom stereocenters. The van der Waals surface area contributed by atoms with Crippen LogP contribution in [0.4, 0.5) is 0 Å². The Balaban J connectivity index is 0.00000264. The summed E-state index contributed by atoms with van der Waals surface area (Å²) in [5.41, 5.74) is 2.56. The number of aliphatic imine (C=N–C) groups is 1. The maximum absolute atomic E-state index is 4.32. The summed E-state index contributed by atoms with van der Waals surface area (Å²) in [5.74, 6) is 1.24. The first-order valence-electron chi connectivity index (χ1n) is 7.74. The van der Waals surface area contributed by atoms with Gasteiger partial charge in [0.2, 0.25) is 0 Å². The fourth-order valence-corrected chi connectivity index (χ4v) is 2.43. The maximum atomic E-state index is 4.32. The van der Waals surface area contributed by atoms with E-state index in [0.717, 1.165) is 12.5 Å². The van der Waals surface area contributed by atoms with Gasteiger partial charge in [0.1, 0.15) is 0 Å². The average Bonchev–Trinajstić information content (AvgIpc) is 2.96. The van der Waals surface area contributed by atoms with Crippen molar-refractivity contribution in [1.29, 1.82) is 0 Å². The number of nitrogens with zero attached hydrogens (tertiary/aromatic N) is 2. The summed E-state index contributed by atoms with van der Waals surface area (Å²) in [6, 6.07) is 15.0. The molecule has 0 saturated carbocycles. The first-order valence-corrected chi connectivity index (χ1v) is 7.74. The first kappa shape index (κ1) is 19.5. The number of guanidine groups is 1. The number of aromatic nitrogens is 1. The molecule has 0 aliphatic heterocycles. The van der Waals surface area contributed by atoms with Gasteiger partial charge >= 0.3 is 0 Å². The second-order valence-electron chi connectivity index (χ2n) is 5.67. The molecule has 126 valence electrons. The minimum absolute atomic E-state index is 0. The average molecular weight is 426 g/mol. The van der Waals surface area contributed by atoms with Crippen molar-refractivity contribution in [3.8, 4) is 0 Å². The van der Waals surface area contributed by atoms with E-state index in [1.165, 1.54) is 11.3 Å². The van der Waals surface area contributed by atoms with E-state index >= 15 is 0 Å². The Kier molecular flexibility index (Phi) is 8.16. The van der Waals surface area contributed by atoms with E-state index in [9.17, 15) is 0 Å². The molecule has 0 fully saturated rings. The van der Waals surface area contributed by atoms with Gasteiger partial charge in [0.05, 0.1) is 6.54 Å². The molecular weight excluding hydrogens is 399 g/mol. The minimum atomic E-state index is 0. The molecule has 1 aromatic carbocycles. The third kappa shape index (κ3) is 5.57. The van der Waals surface area contributed by atoms with Crippen molar-refractivity contribution in [2.75, 3.05) is 7.05 Å². The van der Waals surface area contributed by atoms with Gasteiger partial charge in [-0.3, -0.25) is 4.99 Å². The van der Waals surface area contributed by atoms with Crippen molar-refractivity contribution in [3.63, 3.8) is 0 Å². The Labute approximate surface area is 156 Å². The number of hydrogen-bond donors (Lipinski definition) is 2. The maximum Gasteiger partial charge on any atom is 0.191 e. The van der Waals surface area contributed by atoms with Crippen molar-refractivity contribution in [3.05, 3.63) is 59.9 Å². The summed E-state index contributed by atoms with van der Waals surface area (Å²) < 4.78 is 2.11. The largest absolute Gasteiger partial charge is 0.353 e. The number of benzene rings is 1. The number of hydrogen-bond acceptors (Lipinski definition) is 1. The van der Waals surface area contributed by atoms with E-state index in [-0.39, 0.29) is 24.0 Å². The van der Waals surface area contributed by atoms with Crippen LogP contribution in [-0.2, 0) is 13.6 Å². The summed E-state index contributed by atoms with van der Waals surface area (Å²) in [4.78, 5) is 4.32. The van der Waals surface area contributed by atoms with Crippen molar-refractivity contribution < 1.29 is 0 Å². The smallest absolute Gasteiger partial charge is 0.191 e. The van der Waals surface area contributed by atoms with E-state index in [2.05, 4.69) is 70.4 Å². The highest BCUT2D eigenvalue weighted by atomic mass is 127. The Hall–Kier alpha value is -1.50. The first-order chi connectivity index (χ1) is 10.6. The van der Waals surface area contributed by atoms with Gasteiger partial charge in [0, 0.05) is 37.9 Å². The summed E-state index contributed by atoms with van der Waals surface area (Å²) in [5, 5.41) is 6.84. The third-order valence-electron chi connectivity index (χ3n) is 4.15. The lowest BCUT2D eigenvalue weighted by molar-refractivity contribution is 0.549. The van der Waals surface area contributed by atoms with Gasteiger partial charge in [0.25, 0.3) is 0 Å². The van der Waals surface area contributed by atoms with E-state index < -0.39 is 0 Å². The van der Waals surface area contributed by atoms with Gasteiger partial charge < -0.3 is 15.2 Å². The number of aryl methyl sites for hydroxylation is 1. The number of rotatable bonds is 5. The molecule has 0 spiro atoms. The normalized spacial score (nSPS) is 13.8. The van der Waals surface area contributed by atoms with Crippen LogP contribution in [-0.4, -0.2) is 23.6 Å². The third-order valence-corrected chi connectivity index (χ3v) is 4.15. The molecule has 1 aromatic heterocycles. The lowest BCUT2D eigenvalue weighted by Crippen LogP contribution is -2.44. The Morgan fingerprint density at radius 2 is 1.83 bits per heavy atom. The molecule has 2 rings (SSSR count). The van der Waals surface area contributed by atoms with Gasteiger partial charge in [-0.25, -0.2) is 0 Å². The Morgan fingerprint density at radius 1 is 1.13 bits per heavy atom. The second-order valence-corrected chi connectivity index (χ2v) is 5.67. The Bertz CT molecular complexity index is 606. The highest BCUT2D eigenvalue weighted by Gasteiger charge is 2.15. The van der Waals surface area contributed by atoms with Crippen LogP contribution < -0.4 is 10.6 Å². The fourth-order valence-electron chi connectivity index (χ4n) is 2.43. The van der Waals surface area contributed by atoms with Crippen LogP contribution in [0.2, 0.25) is 0 Å². The summed E-state index contributed by atoms with van der Waals surface area (Å²) in [6.45, 7) is 5.18. The molecule has 0 aliphatic carbocycles. The SMILES string of the molecule is CN=C(NCc1cccn1C)NC(C)C(C)c1ccccc1.I. The summed E-state index contributed by atoms with van der Waals surface area (Å²) >= 11 is 0. The van der Waals surface area contributed by atoms with E-state index in [0.29, 0.717) is 12.0 Å². The number of halogens is 1. The van der Waals surface area contributed by atoms with E-state index in [1.807, 2.05) is 19.3 Å². The second kappa shape index (κ2) is 9.60. The lowest BCUT2D eigenvalue weighted by atomic mass is 9.94. The molecule has 1 heterocycles. The van der Waals surface area contributed by atoms with Crippen LogP contribution >= 0.6 is 24.0 Å². The predicted octanol–water partition coefficient (Wildman–Crippen LogP) is 3.50. The van der Waals surface area contributed by atoms with Crippen LogP contribution in [0.15, 0.2) is 53.7 Å². The zero-order valence-electron chi connectivity index (χ0n) is 14.3.